The first-order valence-corrected chi connectivity index (χ1v) is 8.33. The molecule has 0 amide bonds. The van der Waals surface area contributed by atoms with Gasteiger partial charge in [0.15, 0.2) is 11.9 Å². The molecule has 1 heterocycles. The summed E-state index contributed by atoms with van der Waals surface area (Å²) in [5.41, 5.74) is 0. The van der Waals surface area contributed by atoms with Gasteiger partial charge in [0.2, 0.25) is 0 Å². The first kappa shape index (κ1) is 18.2. The lowest BCUT2D eigenvalue weighted by molar-refractivity contribution is -0.155. The molecule has 0 fully saturated rings. The summed E-state index contributed by atoms with van der Waals surface area (Å²) < 4.78 is 5.28. The van der Waals surface area contributed by atoms with E-state index < -0.39 is 6.10 Å². The van der Waals surface area contributed by atoms with Crippen LogP contribution in [0.4, 0.5) is 0 Å². The van der Waals surface area contributed by atoms with Crippen LogP contribution in [0.5, 0.6) is 0 Å². The third kappa shape index (κ3) is 7.24. The van der Waals surface area contributed by atoms with Gasteiger partial charge in [-0.2, -0.15) is 0 Å². The van der Waals surface area contributed by atoms with Crippen LogP contribution < -0.4 is 0 Å². The summed E-state index contributed by atoms with van der Waals surface area (Å²) in [5, 5.41) is 1.97. The summed E-state index contributed by atoms with van der Waals surface area (Å²) in [6.07, 6.45) is 3.84. The van der Waals surface area contributed by atoms with E-state index in [0.29, 0.717) is 19.3 Å². The highest BCUT2D eigenvalue weighted by Gasteiger charge is 2.20. The summed E-state index contributed by atoms with van der Waals surface area (Å²) >= 11 is 1.58. The molecule has 0 spiro atoms. The van der Waals surface area contributed by atoms with Crippen LogP contribution in [0.15, 0.2) is 29.7 Å². The van der Waals surface area contributed by atoms with Crippen molar-refractivity contribution in [2.45, 2.75) is 46.1 Å². The normalized spacial score (nSPS) is 12.0. The van der Waals surface area contributed by atoms with Crippen molar-refractivity contribution < 1.29 is 14.3 Å². The quantitative estimate of drug-likeness (QED) is 0.564. The Morgan fingerprint density at radius 1 is 1.41 bits per heavy atom. The van der Waals surface area contributed by atoms with Crippen molar-refractivity contribution >= 4 is 23.1 Å². The second-order valence-electron chi connectivity index (χ2n) is 5.28. The number of carbonyl (C=O) groups is 2. The Morgan fingerprint density at radius 3 is 2.77 bits per heavy atom. The van der Waals surface area contributed by atoms with Gasteiger partial charge < -0.3 is 4.74 Å². The maximum Gasteiger partial charge on any atom is 0.306 e. The molecule has 22 heavy (non-hydrogen) atoms. The Bertz CT molecular complexity index is 559. The van der Waals surface area contributed by atoms with Crippen LogP contribution in [0.2, 0.25) is 0 Å². The van der Waals surface area contributed by atoms with Crippen LogP contribution in [-0.2, 0) is 14.3 Å². The summed E-state index contributed by atoms with van der Waals surface area (Å²) in [6, 6.07) is 3.89. The molecule has 0 saturated heterocycles. The minimum Gasteiger partial charge on any atom is -0.454 e. The van der Waals surface area contributed by atoms with Crippen LogP contribution in [0, 0.1) is 17.8 Å². The Morgan fingerprint density at radius 2 is 2.18 bits per heavy atom. The van der Waals surface area contributed by atoms with Gasteiger partial charge in [-0.1, -0.05) is 44.8 Å². The fourth-order valence-electron chi connectivity index (χ4n) is 1.73. The van der Waals surface area contributed by atoms with Gasteiger partial charge in [0.05, 0.1) is 4.88 Å². The van der Waals surface area contributed by atoms with E-state index in [1.54, 1.807) is 30.4 Å². The predicted octanol–water partition coefficient (Wildman–Crippen LogP) is 3.98. The fourth-order valence-corrected chi connectivity index (χ4v) is 2.30. The van der Waals surface area contributed by atoms with E-state index in [1.165, 1.54) is 0 Å². The Balaban J connectivity index is 2.54. The number of carbonyl (C=O) groups excluding carboxylic acids is 2. The average Bonchev–Trinajstić information content (AvgIpc) is 2.97. The third-order valence-electron chi connectivity index (χ3n) is 2.82. The van der Waals surface area contributed by atoms with Crippen molar-refractivity contribution in [1.29, 1.82) is 0 Å². The predicted molar refractivity (Wildman–Crippen MR) is 89.6 cm³/mol. The summed E-state index contributed by atoms with van der Waals surface area (Å²) in [4.78, 5) is 24.5. The molecule has 0 unspecified atom stereocenters. The van der Waals surface area contributed by atoms with E-state index in [2.05, 4.69) is 11.8 Å². The monoisotopic (exact) mass is 318 g/mol. The Labute approximate surface area is 136 Å². The summed E-state index contributed by atoms with van der Waals surface area (Å²) in [7, 11) is 0. The largest absolute Gasteiger partial charge is 0.454 e. The van der Waals surface area contributed by atoms with Crippen LogP contribution in [0.1, 0.15) is 44.9 Å². The molecule has 1 aromatic heterocycles. The smallest absolute Gasteiger partial charge is 0.306 e. The molecule has 0 aliphatic rings. The van der Waals surface area contributed by atoms with Gasteiger partial charge in [-0.25, -0.2) is 0 Å². The van der Waals surface area contributed by atoms with Crippen LogP contribution in [0.3, 0.4) is 0 Å². The zero-order valence-electron chi connectivity index (χ0n) is 13.3. The van der Waals surface area contributed by atoms with Gasteiger partial charge in [0, 0.05) is 19.3 Å². The number of hydrogen-bond donors (Lipinski definition) is 0. The number of hydrogen-bond acceptors (Lipinski definition) is 4. The Hall–Kier alpha value is -1.86. The van der Waals surface area contributed by atoms with E-state index in [1.807, 2.05) is 31.4 Å². The molecule has 0 bridgehead atoms. The van der Waals surface area contributed by atoms with Gasteiger partial charge in [-0.3, -0.25) is 9.59 Å². The number of esters is 1. The lowest BCUT2D eigenvalue weighted by Crippen LogP contribution is -2.26. The van der Waals surface area contributed by atoms with Gasteiger partial charge in [0.1, 0.15) is 0 Å². The lowest BCUT2D eigenvalue weighted by Gasteiger charge is -2.15. The van der Waals surface area contributed by atoms with Gasteiger partial charge in [-0.15, -0.1) is 11.3 Å². The molecule has 1 atom stereocenters. The third-order valence-corrected chi connectivity index (χ3v) is 3.61. The number of Topliss-reactive ketones (excluding diaryl/α,β-unsaturated/α-hetero) is 1. The first-order valence-electron chi connectivity index (χ1n) is 7.45. The minimum atomic E-state index is -0.698. The maximum atomic E-state index is 11.8. The topological polar surface area (TPSA) is 43.4 Å². The molecule has 1 rings (SSSR count). The van der Waals surface area contributed by atoms with Gasteiger partial charge >= 0.3 is 5.97 Å². The Kier molecular flexibility index (Phi) is 8.24. The number of ketones is 1. The number of ether oxygens (including phenoxy) is 1. The highest BCUT2D eigenvalue weighted by atomic mass is 32.1. The molecular weight excluding hydrogens is 296 g/mol. The van der Waals surface area contributed by atoms with E-state index in [9.17, 15) is 9.59 Å². The molecule has 0 aliphatic heterocycles. The zero-order valence-corrected chi connectivity index (χ0v) is 14.1. The molecule has 4 heteroatoms. The molecule has 0 radical (unpaired) electrons. The van der Waals surface area contributed by atoms with Crippen molar-refractivity contribution in [2.75, 3.05) is 0 Å². The molecule has 3 nitrogen and oxygen atoms in total. The fraction of sp³-hybridized carbons (Fsp3) is 0.444. The lowest BCUT2D eigenvalue weighted by atomic mass is 10.1. The van der Waals surface area contributed by atoms with Crippen molar-refractivity contribution in [3.8, 4) is 11.8 Å². The summed E-state index contributed by atoms with van der Waals surface area (Å²) in [5.74, 6) is 5.75. The molecule has 0 saturated carbocycles. The van der Waals surface area contributed by atoms with E-state index in [0.717, 1.165) is 4.88 Å². The zero-order chi connectivity index (χ0) is 16.4. The molecule has 0 aromatic carbocycles. The summed E-state index contributed by atoms with van der Waals surface area (Å²) in [6.45, 7) is 5.65. The van der Waals surface area contributed by atoms with Crippen molar-refractivity contribution in [3.05, 3.63) is 34.5 Å². The highest BCUT2D eigenvalue weighted by Crippen LogP contribution is 2.09. The molecular formula is C18H22O3S. The van der Waals surface area contributed by atoms with Crippen molar-refractivity contribution in [3.63, 3.8) is 0 Å². The van der Waals surface area contributed by atoms with Crippen molar-refractivity contribution in [1.82, 2.24) is 0 Å². The average molecular weight is 318 g/mol. The molecule has 1 aromatic rings. The SMILES string of the molecule is CCC(=O)[C@H](C/C=C/C#Cc1cccs1)OC(=O)CC(C)C. The number of rotatable bonds is 7. The van der Waals surface area contributed by atoms with Crippen LogP contribution in [0.25, 0.3) is 0 Å². The second-order valence-corrected chi connectivity index (χ2v) is 6.23. The van der Waals surface area contributed by atoms with Crippen molar-refractivity contribution in [2.24, 2.45) is 5.92 Å². The minimum absolute atomic E-state index is 0.0621. The number of thiophene rings is 1. The van der Waals surface area contributed by atoms with Gasteiger partial charge in [-0.05, 0) is 23.4 Å². The second kappa shape index (κ2) is 9.97. The first-order chi connectivity index (χ1) is 10.5. The molecule has 118 valence electrons. The van der Waals surface area contributed by atoms with E-state index in [-0.39, 0.29) is 17.7 Å². The molecule has 0 aliphatic carbocycles. The van der Waals surface area contributed by atoms with Crippen LogP contribution >= 0.6 is 11.3 Å². The maximum absolute atomic E-state index is 11.8. The van der Waals surface area contributed by atoms with Crippen LogP contribution in [-0.4, -0.2) is 17.9 Å². The van der Waals surface area contributed by atoms with Gasteiger partial charge in [0.25, 0.3) is 0 Å². The van der Waals surface area contributed by atoms with E-state index >= 15 is 0 Å². The standard InChI is InChI=1S/C18H22O3S/c1-4-16(19)17(21-18(20)13-14(2)3)11-7-5-6-9-15-10-8-12-22-15/h5,7-8,10,12,14,17H,4,11,13H2,1-3H3/b7-5+/t17-/m0/s1. The van der Waals surface area contributed by atoms with E-state index in [4.69, 9.17) is 4.74 Å². The highest BCUT2D eigenvalue weighted by molar-refractivity contribution is 7.10. The number of allylic oxidation sites excluding steroid dienone is 1. The molecule has 0 N–H and O–H groups in total.